The van der Waals surface area contributed by atoms with Crippen molar-refractivity contribution in [2.45, 2.75) is 71.3 Å². The zero-order chi connectivity index (χ0) is 14.6. The minimum Gasteiger partial charge on any atom is -0.465 e. The first-order chi connectivity index (χ1) is 9.26. The van der Waals surface area contributed by atoms with Crippen LogP contribution in [0.15, 0.2) is 0 Å². The fraction of sp³-hybridized carbons (Fsp3) is 0.941. The molecule has 20 heavy (non-hydrogen) atoms. The summed E-state index contributed by atoms with van der Waals surface area (Å²) in [6, 6.07) is 0. The van der Waals surface area contributed by atoms with Gasteiger partial charge in [-0.1, -0.05) is 6.92 Å². The molecule has 3 nitrogen and oxygen atoms in total. The summed E-state index contributed by atoms with van der Waals surface area (Å²) >= 11 is 0. The molecule has 3 heteroatoms. The van der Waals surface area contributed by atoms with Crippen molar-refractivity contribution in [2.24, 2.45) is 22.7 Å². The van der Waals surface area contributed by atoms with Crippen LogP contribution in [-0.2, 0) is 9.53 Å². The van der Waals surface area contributed by atoms with E-state index >= 15 is 0 Å². The van der Waals surface area contributed by atoms with E-state index in [4.69, 9.17) is 4.74 Å². The van der Waals surface area contributed by atoms with E-state index in [9.17, 15) is 9.90 Å². The first kappa shape index (κ1) is 14.4. The number of rotatable bonds is 4. The molecule has 0 saturated heterocycles. The number of carbonyl (C=O) groups excluding carboxylic acids is 1. The van der Waals surface area contributed by atoms with E-state index in [1.54, 1.807) is 0 Å². The summed E-state index contributed by atoms with van der Waals surface area (Å²) in [5, 5.41) is 10.7. The van der Waals surface area contributed by atoms with Crippen LogP contribution in [0.4, 0.5) is 0 Å². The fourth-order valence-electron chi connectivity index (χ4n) is 5.13. The first-order valence-corrected chi connectivity index (χ1v) is 8.16. The Kier molecular flexibility index (Phi) is 3.20. The van der Waals surface area contributed by atoms with Crippen LogP contribution in [0.25, 0.3) is 0 Å². The smallest absolute Gasteiger partial charge is 0.311 e. The summed E-state index contributed by atoms with van der Waals surface area (Å²) in [5.74, 6) is 1.22. The van der Waals surface area contributed by atoms with E-state index in [2.05, 4.69) is 0 Å². The predicted molar refractivity (Wildman–Crippen MR) is 77.1 cm³/mol. The molecule has 0 radical (unpaired) electrons. The molecule has 0 amide bonds. The Morgan fingerprint density at radius 1 is 1.25 bits per heavy atom. The van der Waals surface area contributed by atoms with Gasteiger partial charge in [0, 0.05) is 5.41 Å². The maximum Gasteiger partial charge on any atom is 0.311 e. The second-order valence-corrected chi connectivity index (χ2v) is 8.50. The zero-order valence-corrected chi connectivity index (χ0v) is 13.1. The highest BCUT2D eigenvalue weighted by atomic mass is 16.5. The molecule has 114 valence electrons. The van der Waals surface area contributed by atoms with Gasteiger partial charge in [-0.25, -0.2) is 0 Å². The average molecular weight is 280 g/mol. The number of ether oxygens (including phenoxy) is 1. The molecule has 0 heterocycles. The Morgan fingerprint density at radius 2 is 1.85 bits per heavy atom. The summed E-state index contributed by atoms with van der Waals surface area (Å²) in [6.45, 7) is 6.43. The molecule has 4 saturated carbocycles. The molecule has 1 N–H and O–H groups in total. The Balaban J connectivity index is 1.67. The Hall–Kier alpha value is -0.570. The number of aliphatic hydroxyl groups is 1. The lowest BCUT2D eigenvalue weighted by molar-refractivity contribution is -0.190. The lowest BCUT2D eigenvalue weighted by Gasteiger charge is -2.59. The third kappa shape index (κ3) is 2.38. The molecule has 0 aromatic rings. The lowest BCUT2D eigenvalue weighted by atomic mass is 9.48. The van der Waals surface area contributed by atoms with Gasteiger partial charge in [-0.05, 0) is 70.6 Å². The minimum absolute atomic E-state index is 0.0678. The summed E-state index contributed by atoms with van der Waals surface area (Å²) in [7, 11) is 0. The zero-order valence-electron chi connectivity index (χ0n) is 13.1. The van der Waals surface area contributed by atoms with Gasteiger partial charge >= 0.3 is 5.97 Å². The monoisotopic (exact) mass is 280 g/mol. The molecule has 0 aromatic heterocycles. The molecule has 4 rings (SSSR count). The van der Waals surface area contributed by atoms with Gasteiger partial charge in [0.25, 0.3) is 0 Å². The van der Waals surface area contributed by atoms with Gasteiger partial charge in [0.2, 0.25) is 0 Å². The van der Waals surface area contributed by atoms with Crippen LogP contribution in [0.2, 0.25) is 0 Å². The molecule has 4 aliphatic carbocycles. The molecule has 0 aliphatic heterocycles. The highest BCUT2D eigenvalue weighted by Gasteiger charge is 2.57. The van der Waals surface area contributed by atoms with E-state index in [1.165, 1.54) is 6.42 Å². The normalized spacial score (nSPS) is 42.8. The maximum atomic E-state index is 12.2. The molecule has 4 aliphatic rings. The van der Waals surface area contributed by atoms with Crippen molar-refractivity contribution in [1.82, 2.24) is 0 Å². The van der Waals surface area contributed by atoms with Crippen molar-refractivity contribution < 1.29 is 14.6 Å². The van der Waals surface area contributed by atoms with Crippen molar-refractivity contribution in [3.05, 3.63) is 0 Å². The van der Waals surface area contributed by atoms with Gasteiger partial charge in [-0.2, -0.15) is 0 Å². The third-order valence-corrected chi connectivity index (χ3v) is 6.10. The predicted octanol–water partition coefficient (Wildman–Crippen LogP) is 3.30. The topological polar surface area (TPSA) is 46.5 Å². The van der Waals surface area contributed by atoms with E-state index in [-0.39, 0.29) is 16.8 Å². The molecule has 4 bridgehead atoms. The van der Waals surface area contributed by atoms with Crippen LogP contribution >= 0.6 is 0 Å². The Labute approximate surface area is 122 Å². The van der Waals surface area contributed by atoms with Gasteiger partial charge in [0.05, 0.1) is 17.6 Å². The first-order valence-electron chi connectivity index (χ1n) is 8.16. The van der Waals surface area contributed by atoms with Crippen LogP contribution in [0, 0.1) is 22.7 Å². The van der Waals surface area contributed by atoms with E-state index in [0.717, 1.165) is 38.5 Å². The third-order valence-electron chi connectivity index (χ3n) is 6.10. The van der Waals surface area contributed by atoms with E-state index in [0.29, 0.717) is 18.4 Å². The molecular formula is C17H28O3. The summed E-state index contributed by atoms with van der Waals surface area (Å²) < 4.78 is 5.68. The van der Waals surface area contributed by atoms with Crippen LogP contribution in [-0.4, -0.2) is 23.3 Å². The molecular weight excluding hydrogens is 252 g/mol. The second kappa shape index (κ2) is 4.46. The quantitative estimate of drug-likeness (QED) is 0.804. The molecule has 0 aromatic carbocycles. The molecule has 4 fully saturated rings. The van der Waals surface area contributed by atoms with Crippen LogP contribution in [0.1, 0.15) is 65.7 Å². The minimum atomic E-state index is -0.462. The highest BCUT2D eigenvalue weighted by Crippen LogP contribution is 2.61. The lowest BCUT2D eigenvalue weighted by Crippen LogP contribution is -2.57. The number of hydrogen-bond acceptors (Lipinski definition) is 3. The average Bonchev–Trinajstić information content (AvgIpc) is 2.33. The van der Waals surface area contributed by atoms with Crippen molar-refractivity contribution in [2.75, 3.05) is 6.61 Å². The number of esters is 1. The van der Waals surface area contributed by atoms with Crippen LogP contribution < -0.4 is 0 Å². The van der Waals surface area contributed by atoms with Crippen LogP contribution in [0.5, 0.6) is 0 Å². The fourth-order valence-corrected chi connectivity index (χ4v) is 5.13. The van der Waals surface area contributed by atoms with Crippen molar-refractivity contribution >= 4 is 5.97 Å². The SMILES string of the molecule is CCC(C)(C)C(=O)OCC12CC3CC(CC(O)(C3)C1)C2. The van der Waals surface area contributed by atoms with Crippen molar-refractivity contribution in [3.8, 4) is 0 Å². The molecule has 2 atom stereocenters. The van der Waals surface area contributed by atoms with Gasteiger partial charge in [0.15, 0.2) is 0 Å². The van der Waals surface area contributed by atoms with Gasteiger partial charge < -0.3 is 9.84 Å². The number of hydrogen-bond donors (Lipinski definition) is 1. The highest BCUT2D eigenvalue weighted by molar-refractivity contribution is 5.75. The summed E-state index contributed by atoms with van der Waals surface area (Å²) in [4.78, 5) is 12.2. The second-order valence-electron chi connectivity index (χ2n) is 8.50. The molecule has 2 unspecified atom stereocenters. The van der Waals surface area contributed by atoms with Gasteiger partial charge in [0.1, 0.15) is 0 Å². The van der Waals surface area contributed by atoms with E-state index < -0.39 is 5.60 Å². The van der Waals surface area contributed by atoms with Gasteiger partial charge in [-0.3, -0.25) is 4.79 Å². The van der Waals surface area contributed by atoms with Gasteiger partial charge in [-0.15, -0.1) is 0 Å². The largest absolute Gasteiger partial charge is 0.465 e. The van der Waals surface area contributed by atoms with Crippen molar-refractivity contribution in [3.63, 3.8) is 0 Å². The van der Waals surface area contributed by atoms with E-state index in [1.807, 2.05) is 20.8 Å². The van der Waals surface area contributed by atoms with Crippen molar-refractivity contribution in [1.29, 1.82) is 0 Å². The van der Waals surface area contributed by atoms with Crippen LogP contribution in [0.3, 0.4) is 0 Å². The maximum absolute atomic E-state index is 12.2. The standard InChI is InChI=1S/C17H28O3/c1-4-15(2,3)14(18)20-11-16-6-12-5-13(7-16)9-17(19,8-12)10-16/h12-13,19H,4-11H2,1-3H3. The summed E-state index contributed by atoms with van der Waals surface area (Å²) in [5.41, 5.74) is -0.783. The Morgan fingerprint density at radius 3 is 2.35 bits per heavy atom. The number of carbonyl (C=O) groups is 1. The summed E-state index contributed by atoms with van der Waals surface area (Å²) in [6.07, 6.45) is 7.15. The Bertz CT molecular complexity index is 398. The molecule has 0 spiro atoms.